The van der Waals surface area contributed by atoms with Gasteiger partial charge in [-0.1, -0.05) is 37.3 Å². The molecule has 0 spiro atoms. The van der Waals surface area contributed by atoms with Gasteiger partial charge in [-0.05, 0) is 79.6 Å². The Hall–Kier alpha value is -4.98. The van der Waals surface area contributed by atoms with Crippen LogP contribution in [0.2, 0.25) is 0 Å². The maximum absolute atomic E-state index is 14.2. The van der Waals surface area contributed by atoms with Gasteiger partial charge in [-0.3, -0.25) is 0 Å². The number of urea groups is 1. The fourth-order valence-corrected chi connectivity index (χ4v) is 5.51. The van der Waals surface area contributed by atoms with Crippen LogP contribution in [0.5, 0.6) is 11.5 Å². The van der Waals surface area contributed by atoms with Crippen molar-refractivity contribution in [2.45, 2.75) is 32.9 Å². The van der Waals surface area contributed by atoms with Crippen LogP contribution >= 0.6 is 0 Å². The highest BCUT2D eigenvalue weighted by Crippen LogP contribution is 2.39. The molecule has 8 heteroatoms. The van der Waals surface area contributed by atoms with E-state index in [4.69, 9.17) is 14.6 Å². The molecule has 1 N–H and O–H groups in total. The highest BCUT2D eigenvalue weighted by atomic mass is 16.5. The van der Waals surface area contributed by atoms with Gasteiger partial charge in [0, 0.05) is 17.4 Å². The number of para-hydroxylation sites is 1. The quantitative estimate of drug-likeness (QED) is 0.244. The molecule has 1 aliphatic heterocycles. The number of hydrogen-bond acceptors (Lipinski definition) is 4. The van der Waals surface area contributed by atoms with Crippen LogP contribution in [0.4, 0.5) is 10.5 Å². The summed E-state index contributed by atoms with van der Waals surface area (Å²) in [5.74, 6) is 2.44. The van der Waals surface area contributed by atoms with Crippen molar-refractivity contribution in [1.29, 1.82) is 0 Å². The second kappa shape index (κ2) is 11.3. The van der Waals surface area contributed by atoms with E-state index in [1.54, 1.807) is 7.11 Å². The summed E-state index contributed by atoms with van der Waals surface area (Å²) in [6, 6.07) is 29.0. The third kappa shape index (κ3) is 4.93. The third-order valence-corrected chi connectivity index (χ3v) is 7.39. The van der Waals surface area contributed by atoms with Gasteiger partial charge in [-0.15, -0.1) is 0 Å². The maximum atomic E-state index is 14.2. The summed E-state index contributed by atoms with van der Waals surface area (Å²) < 4.78 is 15.3. The van der Waals surface area contributed by atoms with Crippen LogP contribution in [0, 0.1) is 0 Å². The van der Waals surface area contributed by atoms with Crippen LogP contribution in [0.3, 0.4) is 0 Å². The Morgan fingerprint density at radius 3 is 2.49 bits per heavy atom. The summed E-state index contributed by atoms with van der Waals surface area (Å²) in [7, 11) is 1.66. The van der Waals surface area contributed by atoms with E-state index in [2.05, 4.69) is 41.2 Å². The van der Waals surface area contributed by atoms with E-state index < -0.39 is 0 Å². The molecule has 3 heterocycles. The number of nitrogens with zero attached hydrogens (tertiary/aromatic N) is 4. The smallest absolute Gasteiger partial charge is 0.322 e. The lowest BCUT2D eigenvalue weighted by Gasteiger charge is -2.31. The van der Waals surface area contributed by atoms with Crippen LogP contribution in [0.15, 0.2) is 97.2 Å². The van der Waals surface area contributed by atoms with Crippen LogP contribution in [0.25, 0.3) is 11.5 Å². The standard InChI is InChI=1S/C33H33N5O3/c1-4-29-28-22-37(33(39)34-24-16-18-26(19-17-24)41-5-2)31(23-11-9-14-27(21-23)40-3)30-15-10-20-36(30)32(28)38(35-29)25-12-7-6-8-13-25/h6-21,31H,4-5,22H2,1-3H3,(H,34,39)/t31-/m0/s1. The lowest BCUT2D eigenvalue weighted by Crippen LogP contribution is -2.38. The largest absolute Gasteiger partial charge is 0.497 e. The van der Waals surface area contributed by atoms with Crippen molar-refractivity contribution in [1.82, 2.24) is 19.2 Å². The number of fused-ring (bicyclic) bond motifs is 3. The van der Waals surface area contributed by atoms with E-state index >= 15 is 0 Å². The van der Waals surface area contributed by atoms with Crippen molar-refractivity contribution < 1.29 is 14.3 Å². The van der Waals surface area contributed by atoms with Gasteiger partial charge >= 0.3 is 6.03 Å². The minimum absolute atomic E-state index is 0.211. The fraction of sp³-hybridized carbons (Fsp3) is 0.212. The number of amides is 2. The normalized spacial score (nSPS) is 14.1. The highest BCUT2D eigenvalue weighted by molar-refractivity contribution is 5.90. The topological polar surface area (TPSA) is 73.5 Å². The zero-order valence-electron chi connectivity index (χ0n) is 23.4. The Kier molecular flexibility index (Phi) is 7.20. The summed E-state index contributed by atoms with van der Waals surface area (Å²) in [5, 5.41) is 8.16. The van der Waals surface area contributed by atoms with E-state index in [9.17, 15) is 4.79 Å². The second-order valence-corrected chi connectivity index (χ2v) is 9.85. The number of aryl methyl sites for hydroxylation is 1. The molecule has 8 nitrogen and oxygen atoms in total. The number of benzene rings is 3. The Balaban J connectivity index is 1.50. The Morgan fingerprint density at radius 2 is 1.76 bits per heavy atom. The van der Waals surface area contributed by atoms with Gasteiger partial charge in [-0.25, -0.2) is 9.48 Å². The number of carbonyl (C=O) groups excluding carboxylic acids is 1. The first-order valence-electron chi connectivity index (χ1n) is 13.9. The molecule has 5 aromatic rings. The summed E-state index contributed by atoms with van der Waals surface area (Å²) in [5.41, 5.74) is 5.54. The molecule has 2 amide bonds. The molecule has 2 aromatic heterocycles. The molecule has 0 saturated heterocycles. The van der Waals surface area contributed by atoms with Gasteiger partial charge in [0.2, 0.25) is 0 Å². The van der Waals surface area contributed by atoms with Crippen LogP contribution in [0.1, 0.15) is 42.4 Å². The van der Waals surface area contributed by atoms with E-state index in [-0.39, 0.29) is 12.1 Å². The number of nitrogens with one attached hydrogen (secondary N) is 1. The predicted molar refractivity (Wildman–Crippen MR) is 159 cm³/mol. The molecule has 0 saturated carbocycles. The molecule has 0 radical (unpaired) electrons. The van der Waals surface area contributed by atoms with Crippen molar-refractivity contribution >= 4 is 11.7 Å². The molecule has 0 unspecified atom stereocenters. The first-order chi connectivity index (χ1) is 20.1. The molecule has 0 fully saturated rings. The van der Waals surface area contributed by atoms with Gasteiger partial charge in [0.05, 0.1) is 43.4 Å². The zero-order valence-corrected chi connectivity index (χ0v) is 23.4. The number of rotatable bonds is 7. The number of anilines is 1. The minimum Gasteiger partial charge on any atom is -0.497 e. The number of carbonyl (C=O) groups is 1. The van der Waals surface area contributed by atoms with E-state index in [0.29, 0.717) is 18.8 Å². The van der Waals surface area contributed by atoms with E-state index in [0.717, 1.165) is 51.9 Å². The zero-order chi connectivity index (χ0) is 28.3. The number of ether oxygens (including phenoxy) is 2. The molecule has 1 atom stereocenters. The summed E-state index contributed by atoms with van der Waals surface area (Å²) >= 11 is 0. The molecule has 6 rings (SSSR count). The van der Waals surface area contributed by atoms with Gasteiger partial charge in [0.15, 0.2) is 0 Å². The highest BCUT2D eigenvalue weighted by Gasteiger charge is 2.36. The minimum atomic E-state index is -0.385. The van der Waals surface area contributed by atoms with Gasteiger partial charge in [0.1, 0.15) is 17.3 Å². The average molecular weight is 548 g/mol. The number of aromatic nitrogens is 3. The van der Waals surface area contributed by atoms with Gasteiger partial charge in [-0.2, -0.15) is 5.10 Å². The first kappa shape index (κ1) is 26.3. The van der Waals surface area contributed by atoms with Gasteiger partial charge in [0.25, 0.3) is 0 Å². The van der Waals surface area contributed by atoms with Crippen LogP contribution in [-0.2, 0) is 13.0 Å². The predicted octanol–water partition coefficient (Wildman–Crippen LogP) is 6.77. The molecular formula is C33H33N5O3. The van der Waals surface area contributed by atoms with Crippen molar-refractivity contribution in [3.05, 3.63) is 120 Å². The van der Waals surface area contributed by atoms with E-state index in [1.807, 2.05) is 89.3 Å². The first-order valence-corrected chi connectivity index (χ1v) is 13.9. The van der Waals surface area contributed by atoms with Crippen molar-refractivity contribution in [2.24, 2.45) is 0 Å². The Morgan fingerprint density at radius 1 is 0.951 bits per heavy atom. The molecule has 1 aliphatic rings. The molecule has 0 aliphatic carbocycles. The summed E-state index contributed by atoms with van der Waals surface area (Å²) in [6.45, 7) is 5.00. The SMILES string of the molecule is CCOc1ccc(NC(=O)N2Cc3c(CC)nn(-c4ccccc4)c3-n3cccc3[C@@H]2c2cccc(OC)c2)cc1. The van der Waals surface area contributed by atoms with E-state index in [1.165, 1.54) is 0 Å². The maximum Gasteiger partial charge on any atom is 0.322 e. The molecule has 208 valence electrons. The summed E-state index contributed by atoms with van der Waals surface area (Å²) in [4.78, 5) is 16.1. The molecule has 3 aromatic carbocycles. The van der Waals surface area contributed by atoms with Gasteiger partial charge < -0.3 is 24.3 Å². The van der Waals surface area contributed by atoms with Crippen LogP contribution < -0.4 is 14.8 Å². The van der Waals surface area contributed by atoms with Crippen LogP contribution in [-0.4, -0.2) is 39.0 Å². The van der Waals surface area contributed by atoms with Crippen molar-refractivity contribution in [3.63, 3.8) is 0 Å². The second-order valence-electron chi connectivity index (χ2n) is 9.85. The monoisotopic (exact) mass is 547 g/mol. The lowest BCUT2D eigenvalue weighted by molar-refractivity contribution is 0.194. The molecular weight excluding hydrogens is 514 g/mol. The Labute approximate surface area is 239 Å². The molecule has 0 bridgehead atoms. The molecule has 41 heavy (non-hydrogen) atoms. The Bertz CT molecular complexity index is 1660. The fourth-order valence-electron chi connectivity index (χ4n) is 5.51. The summed E-state index contributed by atoms with van der Waals surface area (Å²) in [6.07, 6.45) is 2.78. The lowest BCUT2D eigenvalue weighted by atomic mass is 10.0. The number of methoxy groups -OCH3 is 1. The third-order valence-electron chi connectivity index (χ3n) is 7.39. The number of hydrogen-bond donors (Lipinski definition) is 1. The van der Waals surface area contributed by atoms with Crippen molar-refractivity contribution in [3.8, 4) is 23.0 Å². The average Bonchev–Trinajstić information content (AvgIpc) is 3.59. The van der Waals surface area contributed by atoms with Crippen molar-refractivity contribution in [2.75, 3.05) is 19.0 Å².